The van der Waals surface area contributed by atoms with E-state index in [2.05, 4.69) is 5.32 Å². The molecule has 5 heteroatoms. The third-order valence-corrected chi connectivity index (χ3v) is 2.30. The summed E-state index contributed by atoms with van der Waals surface area (Å²) in [7, 11) is 0. The summed E-state index contributed by atoms with van der Waals surface area (Å²) in [6.45, 7) is 0.559. The second-order valence-electron chi connectivity index (χ2n) is 3.14. The number of carbonyl (C=O) groups excluding carboxylic acids is 1. The summed E-state index contributed by atoms with van der Waals surface area (Å²) < 4.78 is 5.25. The number of halogens is 2. The van der Waals surface area contributed by atoms with E-state index < -0.39 is 0 Å². The number of hydrogen-bond donors (Lipinski definition) is 1. The van der Waals surface area contributed by atoms with E-state index in [1.54, 1.807) is 24.3 Å². The summed E-state index contributed by atoms with van der Waals surface area (Å²) >= 11 is 11.2. The van der Waals surface area contributed by atoms with Gasteiger partial charge in [0.2, 0.25) is 0 Å². The fraction of sp³-hybridized carbons (Fsp3) is 0.364. The average molecular weight is 262 g/mol. The minimum absolute atomic E-state index is 0.0113. The van der Waals surface area contributed by atoms with Crippen LogP contribution in [0.15, 0.2) is 24.3 Å². The molecule has 0 unspecified atom stereocenters. The number of nitrogens with one attached hydrogen (secondary N) is 1. The molecule has 0 atom stereocenters. The van der Waals surface area contributed by atoms with Crippen molar-refractivity contribution in [1.29, 1.82) is 0 Å². The monoisotopic (exact) mass is 261 g/mol. The van der Waals surface area contributed by atoms with Gasteiger partial charge in [-0.3, -0.25) is 4.79 Å². The lowest BCUT2D eigenvalue weighted by atomic mass is 10.3. The van der Waals surface area contributed by atoms with E-state index in [-0.39, 0.29) is 12.5 Å². The molecule has 0 aromatic heterocycles. The first kappa shape index (κ1) is 13.1. The predicted molar refractivity (Wildman–Crippen MR) is 65.3 cm³/mol. The van der Waals surface area contributed by atoms with Gasteiger partial charge in [0.25, 0.3) is 5.91 Å². The van der Waals surface area contributed by atoms with Crippen LogP contribution in [0.3, 0.4) is 0 Å². The van der Waals surface area contributed by atoms with Crippen molar-refractivity contribution < 1.29 is 9.53 Å². The maximum absolute atomic E-state index is 11.3. The van der Waals surface area contributed by atoms with E-state index in [9.17, 15) is 4.79 Å². The minimum Gasteiger partial charge on any atom is -0.484 e. The normalized spacial score (nSPS) is 9.88. The molecule has 1 aromatic rings. The fourth-order valence-corrected chi connectivity index (χ4v) is 1.37. The van der Waals surface area contributed by atoms with Crippen molar-refractivity contribution in [2.75, 3.05) is 19.0 Å². The van der Waals surface area contributed by atoms with Crippen molar-refractivity contribution in [2.45, 2.75) is 6.42 Å². The second-order valence-corrected chi connectivity index (χ2v) is 3.95. The zero-order valence-corrected chi connectivity index (χ0v) is 10.2. The predicted octanol–water partition coefficient (Wildman–Crippen LogP) is 2.46. The van der Waals surface area contributed by atoms with Gasteiger partial charge < -0.3 is 10.1 Å². The molecule has 0 saturated carbocycles. The Hall–Kier alpha value is -0.930. The first-order valence-corrected chi connectivity index (χ1v) is 5.84. The summed E-state index contributed by atoms with van der Waals surface area (Å²) in [5.74, 6) is 0.959. The molecule has 1 rings (SSSR count). The van der Waals surface area contributed by atoms with Gasteiger partial charge in [0.05, 0.1) is 0 Å². The molecule has 1 N–H and O–H groups in total. The zero-order chi connectivity index (χ0) is 11.8. The van der Waals surface area contributed by atoms with Crippen LogP contribution in [0.1, 0.15) is 6.42 Å². The quantitative estimate of drug-likeness (QED) is 0.631. The highest BCUT2D eigenvalue weighted by Gasteiger charge is 2.01. The lowest BCUT2D eigenvalue weighted by Crippen LogP contribution is -2.29. The maximum Gasteiger partial charge on any atom is 0.257 e. The molecule has 3 nitrogen and oxygen atoms in total. The molecule has 0 spiro atoms. The summed E-state index contributed by atoms with van der Waals surface area (Å²) in [5, 5.41) is 3.27. The van der Waals surface area contributed by atoms with Crippen LogP contribution in [-0.2, 0) is 4.79 Å². The molecular formula is C11H13Cl2NO2. The highest BCUT2D eigenvalue weighted by molar-refractivity contribution is 6.30. The zero-order valence-electron chi connectivity index (χ0n) is 8.71. The van der Waals surface area contributed by atoms with Crippen LogP contribution in [0.2, 0.25) is 5.02 Å². The van der Waals surface area contributed by atoms with E-state index in [4.69, 9.17) is 27.9 Å². The van der Waals surface area contributed by atoms with Gasteiger partial charge in [-0.1, -0.05) is 17.7 Å². The summed E-state index contributed by atoms with van der Waals surface area (Å²) in [5.41, 5.74) is 0. The van der Waals surface area contributed by atoms with Gasteiger partial charge in [0.1, 0.15) is 5.75 Å². The lowest BCUT2D eigenvalue weighted by molar-refractivity contribution is -0.123. The highest BCUT2D eigenvalue weighted by atomic mass is 35.5. The van der Waals surface area contributed by atoms with E-state index in [1.165, 1.54) is 0 Å². The molecule has 0 aliphatic rings. The van der Waals surface area contributed by atoms with Crippen molar-refractivity contribution in [1.82, 2.24) is 5.32 Å². The first-order chi connectivity index (χ1) is 7.72. The average Bonchev–Trinajstić information content (AvgIpc) is 2.27. The van der Waals surface area contributed by atoms with Crippen molar-refractivity contribution in [3.05, 3.63) is 29.3 Å². The molecule has 0 aliphatic heterocycles. The van der Waals surface area contributed by atoms with Crippen LogP contribution in [-0.4, -0.2) is 24.9 Å². The van der Waals surface area contributed by atoms with Crippen LogP contribution in [0.5, 0.6) is 5.75 Å². The fourth-order valence-electron chi connectivity index (χ4n) is 1.05. The third kappa shape index (κ3) is 5.24. The topological polar surface area (TPSA) is 38.3 Å². The molecule has 0 saturated heterocycles. The Labute approximate surface area is 105 Å². The molecule has 16 heavy (non-hydrogen) atoms. The van der Waals surface area contributed by atoms with Crippen LogP contribution in [0, 0.1) is 0 Å². The SMILES string of the molecule is O=C(COc1cccc(Cl)c1)NCCCCl. The van der Waals surface area contributed by atoms with Gasteiger partial charge in [0.15, 0.2) is 6.61 Å². The molecule has 0 fully saturated rings. The minimum atomic E-state index is -0.162. The van der Waals surface area contributed by atoms with Gasteiger partial charge in [0, 0.05) is 17.4 Å². The number of hydrogen-bond acceptors (Lipinski definition) is 2. The number of alkyl halides is 1. The van der Waals surface area contributed by atoms with Crippen LogP contribution in [0.25, 0.3) is 0 Å². The summed E-state index contributed by atoms with van der Waals surface area (Å²) in [6, 6.07) is 6.92. The van der Waals surface area contributed by atoms with Gasteiger partial charge >= 0.3 is 0 Å². The molecule has 0 heterocycles. The second kappa shape index (κ2) is 7.36. The lowest BCUT2D eigenvalue weighted by Gasteiger charge is -2.06. The first-order valence-electron chi connectivity index (χ1n) is 4.93. The maximum atomic E-state index is 11.3. The number of carbonyl (C=O) groups is 1. The number of rotatable bonds is 6. The van der Waals surface area contributed by atoms with Gasteiger partial charge in [-0.15, -0.1) is 11.6 Å². The van der Waals surface area contributed by atoms with E-state index in [0.29, 0.717) is 23.2 Å². The summed E-state index contributed by atoms with van der Waals surface area (Å²) in [4.78, 5) is 11.3. The van der Waals surface area contributed by atoms with Crippen molar-refractivity contribution in [3.63, 3.8) is 0 Å². The van der Waals surface area contributed by atoms with Gasteiger partial charge in [-0.2, -0.15) is 0 Å². The van der Waals surface area contributed by atoms with Crippen molar-refractivity contribution >= 4 is 29.1 Å². The Kier molecular flexibility index (Phi) is 6.04. The Morgan fingerprint density at radius 1 is 1.44 bits per heavy atom. The van der Waals surface area contributed by atoms with Crippen molar-refractivity contribution in [3.8, 4) is 5.75 Å². The highest BCUT2D eigenvalue weighted by Crippen LogP contribution is 2.16. The Morgan fingerprint density at radius 2 is 2.25 bits per heavy atom. The largest absolute Gasteiger partial charge is 0.484 e. The third-order valence-electron chi connectivity index (χ3n) is 1.80. The molecule has 0 bridgehead atoms. The molecule has 88 valence electrons. The Balaban J connectivity index is 2.26. The van der Waals surface area contributed by atoms with Gasteiger partial charge in [-0.05, 0) is 24.6 Å². The van der Waals surface area contributed by atoms with Crippen LogP contribution in [0.4, 0.5) is 0 Å². The van der Waals surface area contributed by atoms with Crippen LogP contribution < -0.4 is 10.1 Å². The number of ether oxygens (including phenoxy) is 1. The number of amides is 1. The van der Waals surface area contributed by atoms with Crippen LogP contribution >= 0.6 is 23.2 Å². The molecule has 0 aliphatic carbocycles. The molecule has 1 amide bonds. The Morgan fingerprint density at radius 3 is 2.94 bits per heavy atom. The molecular weight excluding hydrogens is 249 g/mol. The number of benzene rings is 1. The van der Waals surface area contributed by atoms with E-state index >= 15 is 0 Å². The Bertz CT molecular complexity index is 345. The molecule has 1 aromatic carbocycles. The smallest absolute Gasteiger partial charge is 0.257 e. The standard InChI is InChI=1S/C11H13Cl2NO2/c12-5-2-6-14-11(15)8-16-10-4-1-3-9(13)7-10/h1,3-4,7H,2,5-6,8H2,(H,14,15). The van der Waals surface area contributed by atoms with E-state index in [1.807, 2.05) is 0 Å². The van der Waals surface area contributed by atoms with E-state index in [0.717, 1.165) is 6.42 Å². The summed E-state index contributed by atoms with van der Waals surface area (Å²) in [6.07, 6.45) is 0.754. The van der Waals surface area contributed by atoms with Crippen molar-refractivity contribution in [2.24, 2.45) is 0 Å². The molecule has 0 radical (unpaired) electrons. The van der Waals surface area contributed by atoms with Gasteiger partial charge in [-0.25, -0.2) is 0 Å².